The van der Waals surface area contributed by atoms with Crippen molar-refractivity contribution in [3.05, 3.63) is 83.9 Å². The van der Waals surface area contributed by atoms with Crippen LogP contribution in [0.2, 0.25) is 0 Å². The summed E-state index contributed by atoms with van der Waals surface area (Å²) in [7, 11) is -3.54. The molecule has 0 saturated carbocycles. The molecule has 0 spiro atoms. The highest BCUT2D eigenvalue weighted by atomic mass is 32.2. The second kappa shape index (κ2) is 10.7. The number of carbonyl (C=O) groups excluding carboxylic acids is 2. The van der Waals surface area contributed by atoms with E-state index in [4.69, 9.17) is 4.74 Å². The summed E-state index contributed by atoms with van der Waals surface area (Å²) >= 11 is 0. The number of hydrogen-bond acceptors (Lipinski definition) is 5. The maximum Gasteiger partial charge on any atom is 0.265 e. The van der Waals surface area contributed by atoms with Gasteiger partial charge < -0.3 is 15.0 Å². The topological polar surface area (TPSA) is 96.0 Å². The third kappa shape index (κ3) is 5.52. The maximum absolute atomic E-state index is 12.9. The van der Waals surface area contributed by atoms with E-state index in [0.29, 0.717) is 42.3 Å². The molecule has 192 valence electrons. The van der Waals surface area contributed by atoms with Crippen LogP contribution in [0, 0.1) is 0 Å². The van der Waals surface area contributed by atoms with Gasteiger partial charge in [0, 0.05) is 30.9 Å². The Morgan fingerprint density at radius 3 is 2.41 bits per heavy atom. The number of aryl methyl sites for hydroxylation is 1. The molecule has 1 saturated heterocycles. The molecule has 1 fully saturated rings. The van der Waals surface area contributed by atoms with Gasteiger partial charge in [-0.2, -0.15) is 4.31 Å². The SMILES string of the molecule is O=C(Nc1ccc2c(c1)N(CCCc1ccccc1)C(=O)CO2)c1ccc(S(=O)(=O)N2CCCC2)cc1. The number of ether oxygens (including phenoxy) is 1. The van der Waals surface area contributed by atoms with Crippen LogP contribution < -0.4 is 15.0 Å². The van der Waals surface area contributed by atoms with Crippen molar-refractivity contribution in [1.82, 2.24) is 4.31 Å². The first-order valence-electron chi connectivity index (χ1n) is 12.4. The third-order valence-electron chi connectivity index (χ3n) is 6.67. The van der Waals surface area contributed by atoms with Gasteiger partial charge >= 0.3 is 0 Å². The molecule has 2 heterocycles. The van der Waals surface area contributed by atoms with E-state index < -0.39 is 10.0 Å². The highest BCUT2D eigenvalue weighted by molar-refractivity contribution is 7.89. The van der Waals surface area contributed by atoms with Crippen LogP contribution in [0.5, 0.6) is 5.75 Å². The van der Waals surface area contributed by atoms with E-state index in [-0.39, 0.29) is 23.3 Å². The van der Waals surface area contributed by atoms with Crippen molar-refractivity contribution < 1.29 is 22.7 Å². The quantitative estimate of drug-likeness (QED) is 0.484. The number of sulfonamides is 1. The lowest BCUT2D eigenvalue weighted by Crippen LogP contribution is -2.39. The maximum atomic E-state index is 12.9. The van der Waals surface area contributed by atoms with E-state index >= 15 is 0 Å². The number of carbonyl (C=O) groups is 2. The lowest BCUT2D eigenvalue weighted by Gasteiger charge is -2.30. The van der Waals surface area contributed by atoms with Crippen LogP contribution in [0.4, 0.5) is 11.4 Å². The molecule has 9 heteroatoms. The number of fused-ring (bicyclic) bond motifs is 1. The number of anilines is 2. The zero-order valence-corrected chi connectivity index (χ0v) is 21.2. The summed E-state index contributed by atoms with van der Waals surface area (Å²) in [6.45, 7) is 1.57. The molecule has 3 aromatic rings. The van der Waals surface area contributed by atoms with Gasteiger partial charge in [-0.3, -0.25) is 9.59 Å². The minimum absolute atomic E-state index is 0.0171. The molecular weight excluding hydrogens is 490 g/mol. The van der Waals surface area contributed by atoms with Gasteiger partial charge in [0.2, 0.25) is 10.0 Å². The molecule has 2 aliphatic rings. The van der Waals surface area contributed by atoms with Crippen molar-refractivity contribution in [1.29, 1.82) is 0 Å². The van der Waals surface area contributed by atoms with Gasteiger partial charge in [-0.05, 0) is 73.7 Å². The summed E-state index contributed by atoms with van der Waals surface area (Å²) in [6.07, 6.45) is 3.36. The van der Waals surface area contributed by atoms with Crippen molar-refractivity contribution in [2.45, 2.75) is 30.6 Å². The predicted molar refractivity (Wildman–Crippen MR) is 141 cm³/mol. The van der Waals surface area contributed by atoms with Crippen LogP contribution in [0.15, 0.2) is 77.7 Å². The van der Waals surface area contributed by atoms with Gasteiger partial charge in [0.1, 0.15) is 5.75 Å². The molecule has 0 bridgehead atoms. The lowest BCUT2D eigenvalue weighted by atomic mass is 10.1. The number of nitrogens with one attached hydrogen (secondary N) is 1. The van der Waals surface area contributed by atoms with E-state index in [0.717, 1.165) is 25.7 Å². The second-order valence-corrected chi connectivity index (χ2v) is 11.1. The van der Waals surface area contributed by atoms with Gasteiger partial charge in [-0.15, -0.1) is 0 Å². The molecule has 3 aromatic carbocycles. The van der Waals surface area contributed by atoms with Crippen molar-refractivity contribution in [2.75, 3.05) is 36.5 Å². The smallest absolute Gasteiger partial charge is 0.265 e. The standard InChI is InChI=1S/C28H29N3O5S/c32-27-20-36-26-15-12-23(19-25(26)31(27)18-6-9-21-7-2-1-3-8-21)29-28(33)22-10-13-24(14-11-22)37(34,35)30-16-4-5-17-30/h1-3,7-8,10-15,19H,4-6,9,16-18,20H2,(H,29,33). The van der Waals surface area contributed by atoms with Crippen LogP contribution in [0.1, 0.15) is 35.2 Å². The molecule has 2 aliphatic heterocycles. The number of nitrogens with zero attached hydrogens (tertiary/aromatic N) is 2. The van der Waals surface area contributed by atoms with Crippen LogP contribution in [-0.4, -0.2) is 50.8 Å². The van der Waals surface area contributed by atoms with Crippen LogP contribution in [-0.2, 0) is 21.2 Å². The van der Waals surface area contributed by atoms with E-state index in [1.165, 1.54) is 34.1 Å². The Labute approximate surface area is 216 Å². The fourth-order valence-corrected chi connectivity index (χ4v) is 6.19. The monoisotopic (exact) mass is 519 g/mol. The first-order valence-corrected chi connectivity index (χ1v) is 13.9. The zero-order chi connectivity index (χ0) is 25.8. The van der Waals surface area contributed by atoms with Crippen LogP contribution in [0.25, 0.3) is 0 Å². The molecule has 0 aliphatic carbocycles. The average Bonchev–Trinajstić information content (AvgIpc) is 3.47. The van der Waals surface area contributed by atoms with Crippen molar-refractivity contribution >= 4 is 33.2 Å². The molecule has 8 nitrogen and oxygen atoms in total. The first-order chi connectivity index (χ1) is 17.9. The summed E-state index contributed by atoms with van der Waals surface area (Å²) in [5.74, 6) is 0.0939. The minimum atomic E-state index is -3.54. The zero-order valence-electron chi connectivity index (χ0n) is 20.4. The Hall–Kier alpha value is -3.69. The van der Waals surface area contributed by atoms with Crippen molar-refractivity contribution in [2.24, 2.45) is 0 Å². The molecule has 0 aromatic heterocycles. The summed E-state index contributed by atoms with van der Waals surface area (Å²) in [6, 6.07) is 21.3. The summed E-state index contributed by atoms with van der Waals surface area (Å²) in [4.78, 5) is 27.4. The summed E-state index contributed by atoms with van der Waals surface area (Å²) in [5, 5.41) is 2.85. The van der Waals surface area contributed by atoms with E-state index in [9.17, 15) is 18.0 Å². The van der Waals surface area contributed by atoms with E-state index in [1.54, 1.807) is 23.1 Å². The first kappa shape index (κ1) is 25.0. The third-order valence-corrected chi connectivity index (χ3v) is 8.58. The fraction of sp³-hybridized carbons (Fsp3) is 0.286. The summed E-state index contributed by atoms with van der Waals surface area (Å²) < 4.78 is 32.5. The molecule has 5 rings (SSSR count). The number of amides is 2. The lowest BCUT2D eigenvalue weighted by molar-refractivity contribution is -0.121. The Kier molecular flexibility index (Phi) is 7.25. The highest BCUT2D eigenvalue weighted by Gasteiger charge is 2.28. The van der Waals surface area contributed by atoms with Gasteiger partial charge in [-0.1, -0.05) is 30.3 Å². The number of rotatable bonds is 8. The van der Waals surface area contributed by atoms with Gasteiger partial charge in [0.15, 0.2) is 6.61 Å². The Morgan fingerprint density at radius 1 is 0.946 bits per heavy atom. The predicted octanol–water partition coefficient (Wildman–Crippen LogP) is 4.08. The van der Waals surface area contributed by atoms with Gasteiger partial charge in [0.05, 0.1) is 10.6 Å². The average molecular weight is 520 g/mol. The van der Waals surface area contributed by atoms with Crippen LogP contribution in [0.3, 0.4) is 0 Å². The van der Waals surface area contributed by atoms with Crippen LogP contribution >= 0.6 is 0 Å². The highest BCUT2D eigenvalue weighted by Crippen LogP contribution is 2.35. The molecule has 0 radical (unpaired) electrons. The van der Waals surface area contributed by atoms with Crippen molar-refractivity contribution in [3.63, 3.8) is 0 Å². The molecule has 0 unspecified atom stereocenters. The Bertz CT molecular complexity index is 1390. The Balaban J connectivity index is 1.27. The second-order valence-electron chi connectivity index (χ2n) is 9.20. The number of hydrogen-bond donors (Lipinski definition) is 1. The largest absolute Gasteiger partial charge is 0.482 e. The summed E-state index contributed by atoms with van der Waals surface area (Å²) in [5.41, 5.74) is 2.69. The molecule has 37 heavy (non-hydrogen) atoms. The fourth-order valence-electron chi connectivity index (χ4n) is 4.67. The Morgan fingerprint density at radius 2 is 1.68 bits per heavy atom. The number of benzene rings is 3. The molecule has 2 amide bonds. The van der Waals surface area contributed by atoms with E-state index in [1.807, 2.05) is 18.2 Å². The van der Waals surface area contributed by atoms with E-state index in [2.05, 4.69) is 17.4 Å². The van der Waals surface area contributed by atoms with Crippen molar-refractivity contribution in [3.8, 4) is 5.75 Å². The normalized spacial score (nSPS) is 15.8. The minimum Gasteiger partial charge on any atom is -0.482 e. The molecule has 1 N–H and O–H groups in total. The molecule has 0 atom stereocenters. The molecular formula is C28H29N3O5S. The van der Waals surface area contributed by atoms with Gasteiger partial charge in [0.25, 0.3) is 11.8 Å². The van der Waals surface area contributed by atoms with Gasteiger partial charge in [-0.25, -0.2) is 8.42 Å².